The fourth-order valence-electron chi connectivity index (χ4n) is 2.04. The third kappa shape index (κ3) is 4.39. The molecule has 2 nitrogen and oxygen atoms in total. The summed E-state index contributed by atoms with van der Waals surface area (Å²) in [5.41, 5.74) is 2.06. The number of hydrogen-bond donors (Lipinski definition) is 2. The zero-order chi connectivity index (χ0) is 12.7. The van der Waals surface area contributed by atoms with Crippen molar-refractivity contribution in [1.82, 2.24) is 0 Å². The fraction of sp³-hybridized carbons (Fsp3) is 0.600. The molecule has 0 heterocycles. The Labute approximate surface area is 105 Å². The first kappa shape index (κ1) is 14.0. The first-order valence-electron chi connectivity index (χ1n) is 6.72. The maximum atomic E-state index is 9.73. The monoisotopic (exact) mass is 235 g/mol. The minimum absolute atomic E-state index is 0.414. The molecule has 96 valence electrons. The summed E-state index contributed by atoms with van der Waals surface area (Å²) in [6.45, 7) is 6.24. The Kier molecular flexibility index (Phi) is 6.06. The summed E-state index contributed by atoms with van der Waals surface area (Å²) in [5.74, 6) is 0. The van der Waals surface area contributed by atoms with E-state index >= 15 is 0 Å². The van der Waals surface area contributed by atoms with E-state index in [1.54, 1.807) is 0 Å². The number of benzene rings is 1. The van der Waals surface area contributed by atoms with Gasteiger partial charge in [-0.3, -0.25) is 0 Å². The second-order valence-corrected chi connectivity index (χ2v) is 4.65. The SMILES string of the molecule is CCCCC(CC)Nc1ccccc1C(C)O. The highest BCUT2D eigenvalue weighted by atomic mass is 16.3. The highest BCUT2D eigenvalue weighted by Gasteiger charge is 2.10. The van der Waals surface area contributed by atoms with E-state index in [4.69, 9.17) is 0 Å². The number of aliphatic hydroxyl groups excluding tert-OH is 1. The van der Waals surface area contributed by atoms with Crippen LogP contribution in [0.3, 0.4) is 0 Å². The van der Waals surface area contributed by atoms with Crippen molar-refractivity contribution in [2.75, 3.05) is 5.32 Å². The molecule has 1 rings (SSSR count). The van der Waals surface area contributed by atoms with Crippen molar-refractivity contribution in [3.63, 3.8) is 0 Å². The zero-order valence-electron chi connectivity index (χ0n) is 11.2. The van der Waals surface area contributed by atoms with Crippen LogP contribution in [-0.2, 0) is 0 Å². The molecule has 0 aliphatic rings. The molecule has 2 N–H and O–H groups in total. The average molecular weight is 235 g/mol. The molecular formula is C15H25NO. The van der Waals surface area contributed by atoms with E-state index < -0.39 is 6.10 Å². The Balaban J connectivity index is 2.71. The molecule has 1 aromatic rings. The smallest absolute Gasteiger partial charge is 0.0781 e. The van der Waals surface area contributed by atoms with Gasteiger partial charge in [0.1, 0.15) is 0 Å². The second-order valence-electron chi connectivity index (χ2n) is 4.65. The summed E-state index contributed by atoms with van der Waals surface area (Å²) in [6.07, 6.45) is 4.39. The Morgan fingerprint density at radius 1 is 1.24 bits per heavy atom. The van der Waals surface area contributed by atoms with Gasteiger partial charge in [0.2, 0.25) is 0 Å². The van der Waals surface area contributed by atoms with Crippen LogP contribution >= 0.6 is 0 Å². The topological polar surface area (TPSA) is 32.3 Å². The largest absolute Gasteiger partial charge is 0.389 e. The Morgan fingerprint density at radius 3 is 2.53 bits per heavy atom. The molecular weight excluding hydrogens is 210 g/mol. The molecule has 0 aromatic heterocycles. The van der Waals surface area contributed by atoms with Gasteiger partial charge >= 0.3 is 0 Å². The molecule has 0 spiro atoms. The zero-order valence-corrected chi connectivity index (χ0v) is 11.2. The molecule has 2 atom stereocenters. The predicted molar refractivity (Wildman–Crippen MR) is 74.3 cm³/mol. The van der Waals surface area contributed by atoms with Gasteiger partial charge in [0, 0.05) is 17.3 Å². The van der Waals surface area contributed by atoms with Crippen LogP contribution in [0, 0.1) is 0 Å². The minimum Gasteiger partial charge on any atom is -0.389 e. The number of nitrogens with one attached hydrogen (secondary N) is 1. The maximum absolute atomic E-state index is 9.73. The van der Waals surface area contributed by atoms with Gasteiger partial charge in [0.25, 0.3) is 0 Å². The first-order valence-corrected chi connectivity index (χ1v) is 6.72. The number of unbranched alkanes of at least 4 members (excludes halogenated alkanes) is 1. The van der Waals surface area contributed by atoms with Crippen molar-refractivity contribution in [2.45, 2.75) is 58.6 Å². The molecule has 0 amide bonds. The molecule has 2 heteroatoms. The maximum Gasteiger partial charge on any atom is 0.0781 e. The molecule has 2 unspecified atom stereocenters. The van der Waals surface area contributed by atoms with E-state index in [-0.39, 0.29) is 0 Å². The molecule has 0 radical (unpaired) electrons. The molecule has 0 saturated carbocycles. The average Bonchev–Trinajstić information content (AvgIpc) is 2.34. The van der Waals surface area contributed by atoms with Gasteiger partial charge in [0.15, 0.2) is 0 Å². The van der Waals surface area contributed by atoms with Gasteiger partial charge in [-0.25, -0.2) is 0 Å². The van der Waals surface area contributed by atoms with E-state index in [2.05, 4.69) is 25.2 Å². The fourth-order valence-corrected chi connectivity index (χ4v) is 2.04. The summed E-state index contributed by atoms with van der Waals surface area (Å²) < 4.78 is 0. The first-order chi connectivity index (χ1) is 8.19. The van der Waals surface area contributed by atoms with Crippen molar-refractivity contribution in [1.29, 1.82) is 0 Å². The number of aliphatic hydroxyl groups is 1. The van der Waals surface area contributed by atoms with Gasteiger partial charge in [-0.2, -0.15) is 0 Å². The van der Waals surface area contributed by atoms with Gasteiger partial charge in [0.05, 0.1) is 6.10 Å². The molecule has 0 aliphatic heterocycles. The molecule has 0 saturated heterocycles. The van der Waals surface area contributed by atoms with Crippen molar-refractivity contribution >= 4 is 5.69 Å². The van der Waals surface area contributed by atoms with Crippen LogP contribution in [0.4, 0.5) is 5.69 Å². The number of para-hydroxylation sites is 1. The summed E-state index contributed by atoms with van der Waals surface area (Å²) in [7, 11) is 0. The van der Waals surface area contributed by atoms with Gasteiger partial charge in [-0.1, -0.05) is 44.9 Å². The van der Waals surface area contributed by atoms with Crippen LogP contribution in [-0.4, -0.2) is 11.1 Å². The summed E-state index contributed by atoms with van der Waals surface area (Å²) in [4.78, 5) is 0. The number of rotatable bonds is 7. The van der Waals surface area contributed by atoms with E-state index in [0.29, 0.717) is 6.04 Å². The quantitative estimate of drug-likeness (QED) is 0.745. The van der Waals surface area contributed by atoms with E-state index in [1.165, 1.54) is 19.3 Å². The summed E-state index contributed by atoms with van der Waals surface area (Å²) >= 11 is 0. The van der Waals surface area contributed by atoms with Gasteiger partial charge < -0.3 is 10.4 Å². The van der Waals surface area contributed by atoms with Crippen LogP contribution in [0.25, 0.3) is 0 Å². The van der Waals surface area contributed by atoms with Crippen LogP contribution < -0.4 is 5.32 Å². The Bertz CT molecular complexity index is 322. The van der Waals surface area contributed by atoms with E-state index in [9.17, 15) is 5.11 Å². The van der Waals surface area contributed by atoms with Crippen molar-refractivity contribution in [3.8, 4) is 0 Å². The third-order valence-electron chi connectivity index (χ3n) is 3.17. The normalized spacial score (nSPS) is 14.4. The molecule has 17 heavy (non-hydrogen) atoms. The molecule has 1 aromatic carbocycles. The second kappa shape index (κ2) is 7.33. The van der Waals surface area contributed by atoms with Gasteiger partial charge in [-0.15, -0.1) is 0 Å². The van der Waals surface area contributed by atoms with E-state index in [1.807, 2.05) is 25.1 Å². The summed E-state index contributed by atoms with van der Waals surface area (Å²) in [5, 5.41) is 13.3. The predicted octanol–water partition coefficient (Wildman–Crippen LogP) is 4.12. The Hall–Kier alpha value is -1.02. The highest BCUT2D eigenvalue weighted by Crippen LogP contribution is 2.24. The number of anilines is 1. The molecule has 0 fully saturated rings. The molecule has 0 aliphatic carbocycles. The highest BCUT2D eigenvalue weighted by molar-refractivity contribution is 5.52. The van der Waals surface area contributed by atoms with Crippen LogP contribution in [0.15, 0.2) is 24.3 Å². The Morgan fingerprint density at radius 2 is 1.94 bits per heavy atom. The van der Waals surface area contributed by atoms with Crippen LogP contribution in [0.5, 0.6) is 0 Å². The summed E-state index contributed by atoms with van der Waals surface area (Å²) in [6, 6.07) is 8.53. The third-order valence-corrected chi connectivity index (χ3v) is 3.17. The van der Waals surface area contributed by atoms with Gasteiger partial charge in [-0.05, 0) is 25.8 Å². The number of hydrogen-bond acceptors (Lipinski definition) is 2. The standard InChI is InChI=1S/C15H25NO/c1-4-6-9-13(5-2)16-15-11-8-7-10-14(15)12(3)17/h7-8,10-13,16-17H,4-6,9H2,1-3H3. The van der Waals surface area contributed by atoms with Crippen LogP contribution in [0.2, 0.25) is 0 Å². The lowest BCUT2D eigenvalue weighted by Crippen LogP contribution is -2.19. The van der Waals surface area contributed by atoms with Crippen LogP contribution in [0.1, 0.15) is 58.1 Å². The van der Waals surface area contributed by atoms with Crippen molar-refractivity contribution < 1.29 is 5.11 Å². The molecule has 0 bridgehead atoms. The lowest BCUT2D eigenvalue weighted by molar-refractivity contribution is 0.200. The van der Waals surface area contributed by atoms with Crippen molar-refractivity contribution in [3.05, 3.63) is 29.8 Å². The van der Waals surface area contributed by atoms with E-state index in [0.717, 1.165) is 17.7 Å². The minimum atomic E-state index is -0.414. The lowest BCUT2D eigenvalue weighted by atomic mass is 10.0. The van der Waals surface area contributed by atoms with Crippen molar-refractivity contribution in [2.24, 2.45) is 0 Å². The lowest BCUT2D eigenvalue weighted by Gasteiger charge is -2.21.